The molecule has 0 aliphatic carbocycles. The summed E-state index contributed by atoms with van der Waals surface area (Å²) < 4.78 is 16.1. The lowest BCUT2D eigenvalue weighted by atomic mass is 10.1. The molecule has 8 nitrogen and oxygen atoms in total. The largest absolute Gasteiger partial charge is 0.494 e. The number of thiocarbonyl (C=S) groups is 1. The highest BCUT2D eigenvalue weighted by molar-refractivity contribution is 7.80. The number of benzene rings is 1. The number of amides is 2. The first-order chi connectivity index (χ1) is 15.1. The second-order valence-electron chi connectivity index (χ2n) is 6.81. The predicted octanol–water partition coefficient (Wildman–Crippen LogP) is 3.73. The molecule has 0 unspecified atom stereocenters. The first-order valence-corrected chi connectivity index (χ1v) is 10.8. The summed E-state index contributed by atoms with van der Waals surface area (Å²) in [6, 6.07) is 10.2. The molecule has 2 aromatic rings. The number of ether oxygens (including phenoxy) is 2. The van der Waals surface area contributed by atoms with Gasteiger partial charge in [-0.2, -0.15) is 0 Å². The second-order valence-corrected chi connectivity index (χ2v) is 7.22. The van der Waals surface area contributed by atoms with Crippen molar-refractivity contribution in [2.75, 3.05) is 13.2 Å². The number of hydrogen-bond acceptors (Lipinski definition) is 6. The highest BCUT2D eigenvalue weighted by atomic mass is 32.1. The lowest BCUT2D eigenvalue weighted by Gasteiger charge is -2.11. The molecule has 0 bridgehead atoms. The van der Waals surface area contributed by atoms with Crippen molar-refractivity contribution in [1.82, 2.24) is 16.2 Å². The second kappa shape index (κ2) is 14.0. The fourth-order valence-corrected chi connectivity index (χ4v) is 2.76. The van der Waals surface area contributed by atoms with E-state index in [1.807, 2.05) is 12.1 Å². The number of carbonyl (C=O) groups excluding carboxylic acids is 2. The average Bonchev–Trinajstić information content (AvgIpc) is 3.32. The number of nitrogens with one attached hydrogen (secondary N) is 3. The molecule has 1 heterocycles. The van der Waals surface area contributed by atoms with E-state index in [1.165, 1.54) is 44.4 Å². The van der Waals surface area contributed by atoms with E-state index in [9.17, 15) is 9.59 Å². The van der Waals surface area contributed by atoms with E-state index in [2.05, 4.69) is 23.1 Å². The number of hydrazine groups is 1. The molecule has 31 heavy (non-hydrogen) atoms. The average molecular weight is 448 g/mol. The Kier molecular flexibility index (Phi) is 10.9. The van der Waals surface area contributed by atoms with Crippen LogP contribution in [0.2, 0.25) is 0 Å². The van der Waals surface area contributed by atoms with Crippen molar-refractivity contribution in [3.05, 3.63) is 48.4 Å². The number of furan rings is 1. The van der Waals surface area contributed by atoms with Gasteiger partial charge in [-0.1, -0.05) is 39.0 Å². The SMILES string of the molecule is CCCCCCCCOc1ccc(OCC(=O)NNC(=S)NC(=O)c2ccco2)cc1. The van der Waals surface area contributed by atoms with Crippen LogP contribution in [-0.4, -0.2) is 30.1 Å². The predicted molar refractivity (Wildman–Crippen MR) is 121 cm³/mol. The smallest absolute Gasteiger partial charge is 0.293 e. The third-order valence-electron chi connectivity index (χ3n) is 4.25. The fraction of sp³-hybridized carbons (Fsp3) is 0.409. The zero-order chi connectivity index (χ0) is 22.3. The Morgan fingerprint density at radius 3 is 2.29 bits per heavy atom. The van der Waals surface area contributed by atoms with Crippen molar-refractivity contribution in [3.8, 4) is 11.5 Å². The maximum atomic E-state index is 11.9. The topological polar surface area (TPSA) is 102 Å². The molecule has 9 heteroatoms. The van der Waals surface area contributed by atoms with E-state index >= 15 is 0 Å². The van der Waals surface area contributed by atoms with E-state index < -0.39 is 11.8 Å². The van der Waals surface area contributed by atoms with Gasteiger partial charge in [-0.25, -0.2) is 0 Å². The van der Waals surface area contributed by atoms with Crippen LogP contribution in [-0.2, 0) is 4.79 Å². The Hall–Kier alpha value is -3.07. The zero-order valence-electron chi connectivity index (χ0n) is 17.6. The van der Waals surface area contributed by atoms with Gasteiger partial charge in [0.05, 0.1) is 12.9 Å². The van der Waals surface area contributed by atoms with Crippen molar-refractivity contribution >= 4 is 29.1 Å². The van der Waals surface area contributed by atoms with Crippen LogP contribution in [0.5, 0.6) is 11.5 Å². The minimum Gasteiger partial charge on any atom is -0.494 e. The molecule has 0 radical (unpaired) electrons. The van der Waals surface area contributed by atoms with Crippen LogP contribution in [0.1, 0.15) is 56.0 Å². The molecule has 1 aromatic heterocycles. The first kappa shape index (κ1) is 24.2. The van der Waals surface area contributed by atoms with Gasteiger partial charge in [0.2, 0.25) is 0 Å². The third-order valence-corrected chi connectivity index (χ3v) is 4.45. The molecule has 3 N–H and O–H groups in total. The normalized spacial score (nSPS) is 10.2. The third kappa shape index (κ3) is 9.99. The van der Waals surface area contributed by atoms with Crippen LogP contribution in [0, 0.1) is 0 Å². The summed E-state index contributed by atoms with van der Waals surface area (Å²) in [7, 11) is 0. The van der Waals surface area contributed by atoms with E-state index in [4.69, 9.17) is 26.1 Å². The molecule has 2 amide bonds. The Morgan fingerprint density at radius 1 is 0.935 bits per heavy atom. The molecule has 0 saturated heterocycles. The van der Waals surface area contributed by atoms with E-state index in [0.717, 1.165) is 12.2 Å². The van der Waals surface area contributed by atoms with Crippen LogP contribution in [0.25, 0.3) is 0 Å². The van der Waals surface area contributed by atoms with Gasteiger partial charge in [0, 0.05) is 0 Å². The van der Waals surface area contributed by atoms with Crippen molar-refractivity contribution in [2.24, 2.45) is 0 Å². The van der Waals surface area contributed by atoms with Gasteiger partial charge >= 0.3 is 0 Å². The molecule has 2 rings (SSSR count). The summed E-state index contributed by atoms with van der Waals surface area (Å²) in [5.41, 5.74) is 4.77. The maximum absolute atomic E-state index is 11.9. The van der Waals surface area contributed by atoms with E-state index in [-0.39, 0.29) is 17.5 Å². The van der Waals surface area contributed by atoms with Crippen LogP contribution >= 0.6 is 12.2 Å². The van der Waals surface area contributed by atoms with Gasteiger partial charge in [-0.3, -0.25) is 25.8 Å². The van der Waals surface area contributed by atoms with E-state index in [0.29, 0.717) is 12.4 Å². The summed E-state index contributed by atoms with van der Waals surface area (Å²) in [6.07, 6.45) is 8.68. The van der Waals surface area contributed by atoms with Crippen LogP contribution in [0.3, 0.4) is 0 Å². The standard InChI is InChI=1S/C22H29N3O5S/c1-2-3-4-5-6-7-14-28-17-10-12-18(13-11-17)30-16-20(26)24-25-22(31)23-21(27)19-9-8-15-29-19/h8-13,15H,2-7,14,16H2,1H3,(H,24,26)(H2,23,25,27,31). The number of hydrogen-bond donors (Lipinski definition) is 3. The van der Waals surface area contributed by atoms with Crippen molar-refractivity contribution in [2.45, 2.75) is 45.4 Å². The molecule has 0 aliphatic rings. The van der Waals surface area contributed by atoms with Crippen LogP contribution in [0.4, 0.5) is 0 Å². The number of rotatable bonds is 12. The van der Waals surface area contributed by atoms with Crippen LogP contribution < -0.4 is 25.6 Å². The van der Waals surface area contributed by atoms with Gasteiger partial charge in [0.25, 0.3) is 11.8 Å². The fourth-order valence-electron chi connectivity index (χ4n) is 2.62. The summed E-state index contributed by atoms with van der Waals surface area (Å²) in [5, 5.41) is 2.30. The minimum atomic E-state index is -0.521. The van der Waals surface area contributed by atoms with Gasteiger partial charge in [-0.15, -0.1) is 0 Å². The number of unbranched alkanes of at least 4 members (excludes halogenated alkanes) is 5. The van der Waals surface area contributed by atoms with Crippen molar-refractivity contribution < 1.29 is 23.5 Å². The van der Waals surface area contributed by atoms with Crippen LogP contribution in [0.15, 0.2) is 47.1 Å². The Bertz CT molecular complexity index is 809. The molecule has 0 spiro atoms. The Labute approximate surface area is 187 Å². The Balaban J connectivity index is 1.58. The molecule has 0 fully saturated rings. The van der Waals surface area contributed by atoms with E-state index in [1.54, 1.807) is 18.2 Å². The molecule has 168 valence electrons. The van der Waals surface area contributed by atoms with Crippen molar-refractivity contribution in [1.29, 1.82) is 0 Å². The number of carbonyl (C=O) groups is 2. The van der Waals surface area contributed by atoms with Gasteiger partial charge in [0.1, 0.15) is 11.5 Å². The first-order valence-electron chi connectivity index (χ1n) is 10.4. The summed E-state index contributed by atoms with van der Waals surface area (Å²) in [4.78, 5) is 23.6. The summed E-state index contributed by atoms with van der Waals surface area (Å²) in [6.45, 7) is 2.68. The quantitative estimate of drug-likeness (QED) is 0.259. The monoisotopic (exact) mass is 447 g/mol. The molecular formula is C22H29N3O5S. The van der Waals surface area contributed by atoms with Gasteiger partial charge < -0.3 is 13.9 Å². The maximum Gasteiger partial charge on any atom is 0.293 e. The van der Waals surface area contributed by atoms with Gasteiger partial charge in [-0.05, 0) is 55.0 Å². The highest BCUT2D eigenvalue weighted by Crippen LogP contribution is 2.18. The summed E-state index contributed by atoms with van der Waals surface area (Å²) >= 11 is 4.93. The molecule has 1 aromatic carbocycles. The molecule has 0 atom stereocenters. The lowest BCUT2D eigenvalue weighted by molar-refractivity contribution is -0.123. The summed E-state index contributed by atoms with van der Waals surface area (Å²) in [5.74, 6) is 0.434. The Morgan fingerprint density at radius 2 is 1.61 bits per heavy atom. The molecular weight excluding hydrogens is 418 g/mol. The molecule has 0 aliphatic heterocycles. The zero-order valence-corrected chi connectivity index (χ0v) is 18.5. The minimum absolute atomic E-state index is 0.0679. The lowest BCUT2D eigenvalue weighted by Crippen LogP contribution is -2.49. The van der Waals surface area contributed by atoms with Crippen molar-refractivity contribution in [3.63, 3.8) is 0 Å². The highest BCUT2D eigenvalue weighted by Gasteiger charge is 2.11. The molecule has 0 saturated carbocycles. The van der Waals surface area contributed by atoms with Gasteiger partial charge in [0.15, 0.2) is 17.5 Å².